The molecule has 1 heterocycles. The highest BCUT2D eigenvalue weighted by Gasteiger charge is 2.24. The molecule has 0 aliphatic rings. The standard InChI is InChI=1S/C11H10BrN3O4S/c1-7-11(12)8(2)14(13-7)20(18,19)10-5-3-4-9(6-10)15(16)17/h3-6H,1-2H3. The van der Waals surface area contributed by atoms with Crippen LogP contribution in [0.1, 0.15) is 11.4 Å². The van der Waals surface area contributed by atoms with Crippen molar-refractivity contribution in [3.05, 3.63) is 50.2 Å². The van der Waals surface area contributed by atoms with Crippen LogP contribution in [0.3, 0.4) is 0 Å². The molecule has 2 aromatic rings. The zero-order valence-electron chi connectivity index (χ0n) is 10.6. The quantitative estimate of drug-likeness (QED) is 0.619. The number of non-ortho nitro benzene ring substituents is 1. The summed E-state index contributed by atoms with van der Waals surface area (Å²) in [5.41, 5.74) is 0.650. The van der Waals surface area contributed by atoms with E-state index in [0.717, 1.165) is 10.2 Å². The monoisotopic (exact) mass is 359 g/mol. The Morgan fingerprint density at radius 2 is 2.00 bits per heavy atom. The normalized spacial score (nSPS) is 11.6. The fourth-order valence-corrected chi connectivity index (χ4v) is 3.46. The van der Waals surface area contributed by atoms with Gasteiger partial charge in [-0.15, -0.1) is 0 Å². The molecule has 20 heavy (non-hydrogen) atoms. The number of hydrogen-bond acceptors (Lipinski definition) is 5. The molecule has 0 N–H and O–H groups in total. The Hall–Kier alpha value is -1.74. The smallest absolute Gasteiger partial charge is 0.258 e. The van der Waals surface area contributed by atoms with Gasteiger partial charge in [0.15, 0.2) is 0 Å². The SMILES string of the molecule is Cc1nn(S(=O)(=O)c2cccc([N+](=O)[O-])c2)c(C)c1Br. The molecule has 0 radical (unpaired) electrons. The van der Waals surface area contributed by atoms with Gasteiger partial charge in [0.05, 0.1) is 25.7 Å². The van der Waals surface area contributed by atoms with Crippen molar-refractivity contribution < 1.29 is 13.3 Å². The van der Waals surface area contributed by atoms with Gasteiger partial charge >= 0.3 is 0 Å². The average Bonchev–Trinajstić information content (AvgIpc) is 2.67. The molecule has 0 bridgehead atoms. The van der Waals surface area contributed by atoms with E-state index in [1.807, 2.05) is 0 Å². The first kappa shape index (κ1) is 14.7. The Morgan fingerprint density at radius 1 is 1.35 bits per heavy atom. The highest BCUT2D eigenvalue weighted by Crippen LogP contribution is 2.25. The fraction of sp³-hybridized carbons (Fsp3) is 0.182. The Labute approximate surface area is 123 Å². The number of halogens is 1. The molecule has 0 spiro atoms. The average molecular weight is 360 g/mol. The van der Waals surface area contributed by atoms with E-state index in [9.17, 15) is 18.5 Å². The predicted octanol–water partition coefficient (Wildman–Crippen LogP) is 2.41. The highest BCUT2D eigenvalue weighted by atomic mass is 79.9. The Kier molecular flexibility index (Phi) is 3.65. The second-order valence-corrected chi connectivity index (χ2v) is 6.65. The summed E-state index contributed by atoms with van der Waals surface area (Å²) < 4.78 is 26.4. The summed E-state index contributed by atoms with van der Waals surface area (Å²) in [6.07, 6.45) is 0. The van der Waals surface area contributed by atoms with Crippen molar-refractivity contribution in [1.29, 1.82) is 0 Å². The van der Waals surface area contributed by atoms with E-state index in [-0.39, 0.29) is 10.6 Å². The van der Waals surface area contributed by atoms with Gasteiger partial charge in [0.2, 0.25) is 0 Å². The summed E-state index contributed by atoms with van der Waals surface area (Å²) in [5, 5.41) is 14.7. The number of rotatable bonds is 3. The van der Waals surface area contributed by atoms with E-state index < -0.39 is 14.9 Å². The second kappa shape index (κ2) is 4.98. The minimum atomic E-state index is -3.96. The van der Waals surface area contributed by atoms with Gasteiger partial charge in [-0.05, 0) is 35.8 Å². The molecule has 0 amide bonds. The molecule has 1 aromatic heterocycles. The van der Waals surface area contributed by atoms with Crippen LogP contribution in [0.15, 0.2) is 33.6 Å². The fourth-order valence-electron chi connectivity index (χ4n) is 1.69. The minimum Gasteiger partial charge on any atom is -0.258 e. The number of nitro groups is 1. The predicted molar refractivity (Wildman–Crippen MR) is 75.1 cm³/mol. The Morgan fingerprint density at radius 3 is 2.50 bits per heavy atom. The third-order valence-corrected chi connectivity index (χ3v) is 5.53. The second-order valence-electron chi connectivity index (χ2n) is 4.09. The largest absolute Gasteiger partial charge is 0.283 e. The first-order valence-electron chi connectivity index (χ1n) is 5.47. The molecule has 0 unspecified atom stereocenters. The molecular formula is C11H10BrN3O4S. The number of hydrogen-bond donors (Lipinski definition) is 0. The topological polar surface area (TPSA) is 95.1 Å². The van der Waals surface area contributed by atoms with Crippen LogP contribution in [-0.4, -0.2) is 22.5 Å². The van der Waals surface area contributed by atoms with E-state index in [1.54, 1.807) is 13.8 Å². The van der Waals surface area contributed by atoms with Gasteiger partial charge in [-0.3, -0.25) is 10.1 Å². The molecule has 2 rings (SSSR count). The number of benzene rings is 1. The molecular weight excluding hydrogens is 350 g/mol. The lowest BCUT2D eigenvalue weighted by Gasteiger charge is -2.06. The third-order valence-electron chi connectivity index (χ3n) is 2.72. The van der Waals surface area contributed by atoms with Crippen LogP contribution in [-0.2, 0) is 10.0 Å². The lowest BCUT2D eigenvalue weighted by molar-refractivity contribution is -0.385. The van der Waals surface area contributed by atoms with Gasteiger partial charge in [-0.1, -0.05) is 6.07 Å². The molecule has 0 fully saturated rings. The van der Waals surface area contributed by atoms with Crippen molar-refractivity contribution >= 4 is 31.6 Å². The molecule has 0 saturated carbocycles. The molecule has 106 valence electrons. The van der Waals surface area contributed by atoms with Crippen molar-refractivity contribution in [2.75, 3.05) is 0 Å². The van der Waals surface area contributed by atoms with E-state index in [2.05, 4.69) is 21.0 Å². The van der Waals surface area contributed by atoms with Crippen LogP contribution < -0.4 is 0 Å². The van der Waals surface area contributed by atoms with Crippen molar-refractivity contribution in [3.8, 4) is 0 Å². The van der Waals surface area contributed by atoms with Crippen LogP contribution in [0.2, 0.25) is 0 Å². The minimum absolute atomic E-state index is 0.176. The molecule has 7 nitrogen and oxygen atoms in total. The van der Waals surface area contributed by atoms with Crippen molar-refractivity contribution in [1.82, 2.24) is 9.19 Å². The summed E-state index contributed by atoms with van der Waals surface area (Å²) >= 11 is 3.25. The highest BCUT2D eigenvalue weighted by molar-refractivity contribution is 9.10. The van der Waals surface area contributed by atoms with Gasteiger partial charge in [0.1, 0.15) is 0 Å². The Balaban J connectivity index is 2.64. The first-order chi connectivity index (χ1) is 9.25. The molecule has 1 aromatic carbocycles. The summed E-state index contributed by atoms with van der Waals surface area (Å²) in [6, 6.07) is 4.87. The van der Waals surface area contributed by atoms with Gasteiger partial charge in [0.25, 0.3) is 15.7 Å². The number of nitrogens with zero attached hydrogens (tertiary/aromatic N) is 3. The van der Waals surface area contributed by atoms with Crippen molar-refractivity contribution in [2.45, 2.75) is 18.7 Å². The zero-order valence-corrected chi connectivity index (χ0v) is 13.0. The van der Waals surface area contributed by atoms with Crippen molar-refractivity contribution in [3.63, 3.8) is 0 Å². The van der Waals surface area contributed by atoms with Crippen LogP contribution in [0.5, 0.6) is 0 Å². The van der Waals surface area contributed by atoms with Gasteiger partial charge < -0.3 is 0 Å². The molecule has 0 aliphatic carbocycles. The van der Waals surface area contributed by atoms with Gasteiger partial charge in [-0.2, -0.15) is 17.6 Å². The molecule has 0 aliphatic heterocycles. The van der Waals surface area contributed by atoms with Crippen molar-refractivity contribution in [2.24, 2.45) is 0 Å². The maximum Gasteiger partial charge on any atom is 0.283 e. The Bertz CT molecular complexity index is 798. The van der Waals surface area contributed by atoms with E-state index in [1.165, 1.54) is 18.2 Å². The van der Waals surface area contributed by atoms with Crippen LogP contribution in [0.4, 0.5) is 5.69 Å². The van der Waals surface area contributed by atoms with Crippen LogP contribution >= 0.6 is 15.9 Å². The molecule has 9 heteroatoms. The summed E-state index contributed by atoms with van der Waals surface area (Å²) in [7, 11) is -3.96. The van der Waals surface area contributed by atoms with Crippen LogP contribution in [0, 0.1) is 24.0 Å². The van der Waals surface area contributed by atoms with Gasteiger partial charge in [-0.25, -0.2) is 0 Å². The first-order valence-corrected chi connectivity index (χ1v) is 7.70. The molecule has 0 saturated heterocycles. The van der Waals surface area contributed by atoms with Crippen LogP contribution in [0.25, 0.3) is 0 Å². The zero-order chi connectivity index (χ0) is 15.1. The number of aryl methyl sites for hydroxylation is 1. The number of aromatic nitrogens is 2. The maximum absolute atomic E-state index is 12.5. The summed E-state index contributed by atoms with van der Waals surface area (Å²) in [4.78, 5) is 9.90. The maximum atomic E-state index is 12.5. The molecule has 0 atom stereocenters. The number of nitro benzene ring substituents is 1. The van der Waals surface area contributed by atoms with Gasteiger partial charge in [0, 0.05) is 12.1 Å². The third kappa shape index (κ3) is 2.34. The summed E-state index contributed by atoms with van der Waals surface area (Å²) in [6.45, 7) is 3.26. The lowest BCUT2D eigenvalue weighted by atomic mass is 10.3. The lowest BCUT2D eigenvalue weighted by Crippen LogP contribution is -2.16. The summed E-state index contributed by atoms with van der Waals surface area (Å²) in [5.74, 6) is 0. The van der Waals surface area contributed by atoms with E-state index in [4.69, 9.17) is 0 Å². The van der Waals surface area contributed by atoms with E-state index >= 15 is 0 Å². The van der Waals surface area contributed by atoms with E-state index in [0.29, 0.717) is 15.9 Å².